The zero-order chi connectivity index (χ0) is 12.8. The molecule has 0 atom stereocenters. The van der Waals surface area contributed by atoms with Crippen LogP contribution in [0.15, 0.2) is 24.3 Å². The lowest BCUT2D eigenvalue weighted by Crippen LogP contribution is -2.21. The van der Waals surface area contributed by atoms with Crippen molar-refractivity contribution < 1.29 is 14.3 Å². The van der Waals surface area contributed by atoms with Gasteiger partial charge in [0.1, 0.15) is 0 Å². The van der Waals surface area contributed by atoms with Gasteiger partial charge in [-0.1, -0.05) is 12.1 Å². The molecular formula is C13H17NO3. The molecule has 0 saturated heterocycles. The van der Waals surface area contributed by atoms with Gasteiger partial charge in [-0.25, -0.2) is 0 Å². The monoisotopic (exact) mass is 235 g/mol. The summed E-state index contributed by atoms with van der Waals surface area (Å²) >= 11 is 0. The molecule has 0 radical (unpaired) electrons. The maximum Gasteiger partial charge on any atom is 0.307 e. The smallest absolute Gasteiger partial charge is 0.307 e. The fourth-order valence-corrected chi connectivity index (χ4v) is 1.45. The number of carbonyl (C=O) groups excluding carboxylic acids is 2. The Kier molecular flexibility index (Phi) is 4.69. The molecule has 1 aromatic carbocycles. The van der Waals surface area contributed by atoms with Crippen LogP contribution in [0.1, 0.15) is 23.7 Å². The Morgan fingerprint density at radius 2 is 2.06 bits per heavy atom. The topological polar surface area (TPSA) is 46.6 Å². The molecule has 17 heavy (non-hydrogen) atoms. The molecule has 4 heteroatoms. The predicted molar refractivity (Wildman–Crippen MR) is 66.3 cm³/mol. The van der Waals surface area contributed by atoms with E-state index in [1.165, 1.54) is 14.0 Å². The lowest BCUT2D eigenvalue weighted by atomic mass is 10.1. The Bertz CT molecular complexity index is 415. The van der Waals surface area contributed by atoms with E-state index in [4.69, 9.17) is 0 Å². The number of anilines is 1. The van der Waals surface area contributed by atoms with Crippen molar-refractivity contribution in [2.75, 3.05) is 25.6 Å². The summed E-state index contributed by atoms with van der Waals surface area (Å²) < 4.78 is 4.58. The first-order valence-electron chi connectivity index (χ1n) is 5.43. The number of ketones is 1. The number of hydrogen-bond donors (Lipinski definition) is 0. The normalized spacial score (nSPS) is 9.82. The van der Waals surface area contributed by atoms with Crippen LogP contribution in [0.5, 0.6) is 0 Å². The van der Waals surface area contributed by atoms with Gasteiger partial charge in [0.2, 0.25) is 0 Å². The zero-order valence-electron chi connectivity index (χ0n) is 10.4. The molecule has 0 aliphatic carbocycles. The molecule has 0 aliphatic rings. The summed E-state index contributed by atoms with van der Waals surface area (Å²) in [6, 6.07) is 7.34. The molecule has 0 aliphatic heterocycles. The van der Waals surface area contributed by atoms with Gasteiger partial charge in [-0.15, -0.1) is 0 Å². The highest BCUT2D eigenvalue weighted by molar-refractivity contribution is 5.94. The van der Waals surface area contributed by atoms with Crippen molar-refractivity contribution in [1.82, 2.24) is 0 Å². The Morgan fingerprint density at radius 3 is 2.65 bits per heavy atom. The van der Waals surface area contributed by atoms with E-state index in [0.29, 0.717) is 18.5 Å². The third-order valence-corrected chi connectivity index (χ3v) is 2.57. The quantitative estimate of drug-likeness (QED) is 0.577. The van der Waals surface area contributed by atoms with Crippen LogP contribution < -0.4 is 4.90 Å². The van der Waals surface area contributed by atoms with Gasteiger partial charge in [0.05, 0.1) is 13.5 Å². The maximum absolute atomic E-state index is 11.2. The molecule has 0 spiro atoms. The maximum atomic E-state index is 11.2. The van der Waals surface area contributed by atoms with Crippen molar-refractivity contribution in [1.29, 1.82) is 0 Å². The number of ether oxygens (including phenoxy) is 1. The van der Waals surface area contributed by atoms with E-state index in [0.717, 1.165) is 5.69 Å². The molecule has 0 amide bonds. The van der Waals surface area contributed by atoms with E-state index in [1.807, 2.05) is 30.1 Å². The summed E-state index contributed by atoms with van der Waals surface area (Å²) in [5.74, 6) is -0.201. The van der Waals surface area contributed by atoms with Gasteiger partial charge < -0.3 is 9.64 Å². The molecule has 0 heterocycles. The summed E-state index contributed by atoms with van der Waals surface area (Å²) in [5, 5.41) is 0. The van der Waals surface area contributed by atoms with Crippen molar-refractivity contribution >= 4 is 17.4 Å². The third-order valence-electron chi connectivity index (χ3n) is 2.57. The largest absolute Gasteiger partial charge is 0.469 e. The van der Waals surface area contributed by atoms with E-state index in [-0.39, 0.29) is 11.8 Å². The second-order valence-electron chi connectivity index (χ2n) is 3.85. The molecule has 92 valence electrons. The molecule has 1 aromatic rings. The number of rotatable bonds is 5. The van der Waals surface area contributed by atoms with Crippen molar-refractivity contribution in [3.8, 4) is 0 Å². The minimum Gasteiger partial charge on any atom is -0.469 e. The van der Waals surface area contributed by atoms with Crippen LogP contribution in [0.4, 0.5) is 5.69 Å². The van der Waals surface area contributed by atoms with Gasteiger partial charge in [0.25, 0.3) is 0 Å². The van der Waals surface area contributed by atoms with Crippen molar-refractivity contribution in [2.45, 2.75) is 13.3 Å². The van der Waals surface area contributed by atoms with Crippen LogP contribution in [-0.4, -0.2) is 32.5 Å². The van der Waals surface area contributed by atoms with E-state index in [9.17, 15) is 9.59 Å². The number of hydrogen-bond acceptors (Lipinski definition) is 4. The highest BCUT2D eigenvalue weighted by Crippen LogP contribution is 2.15. The zero-order valence-corrected chi connectivity index (χ0v) is 10.4. The molecule has 0 N–H and O–H groups in total. The van der Waals surface area contributed by atoms with Crippen LogP contribution in [0.3, 0.4) is 0 Å². The van der Waals surface area contributed by atoms with Crippen molar-refractivity contribution in [3.05, 3.63) is 29.8 Å². The average Bonchev–Trinajstić information content (AvgIpc) is 2.35. The second kappa shape index (κ2) is 6.03. The van der Waals surface area contributed by atoms with Gasteiger partial charge in [0, 0.05) is 24.8 Å². The minimum atomic E-state index is -0.237. The fraction of sp³-hybridized carbons (Fsp3) is 0.385. The number of methoxy groups -OCH3 is 1. The van der Waals surface area contributed by atoms with Crippen LogP contribution in [-0.2, 0) is 9.53 Å². The molecular weight excluding hydrogens is 218 g/mol. The average molecular weight is 235 g/mol. The Morgan fingerprint density at radius 1 is 1.35 bits per heavy atom. The van der Waals surface area contributed by atoms with Crippen LogP contribution >= 0.6 is 0 Å². The number of benzene rings is 1. The van der Waals surface area contributed by atoms with Gasteiger partial charge in [-0.2, -0.15) is 0 Å². The van der Waals surface area contributed by atoms with Gasteiger partial charge in [-0.3, -0.25) is 9.59 Å². The van der Waals surface area contributed by atoms with Crippen molar-refractivity contribution in [2.24, 2.45) is 0 Å². The van der Waals surface area contributed by atoms with E-state index in [1.54, 1.807) is 6.07 Å². The number of esters is 1. The minimum absolute atomic E-state index is 0.0354. The number of carbonyl (C=O) groups is 2. The van der Waals surface area contributed by atoms with E-state index < -0.39 is 0 Å². The lowest BCUT2D eigenvalue weighted by molar-refractivity contribution is -0.140. The molecule has 0 aromatic heterocycles. The molecule has 0 fully saturated rings. The summed E-state index contributed by atoms with van der Waals surface area (Å²) in [5.41, 5.74) is 1.59. The standard InChI is InChI=1S/C13H17NO3/c1-10(15)11-5-4-6-12(9-11)14(2)8-7-13(16)17-3/h4-6,9H,7-8H2,1-3H3. The van der Waals surface area contributed by atoms with E-state index in [2.05, 4.69) is 4.74 Å². The highest BCUT2D eigenvalue weighted by atomic mass is 16.5. The summed E-state index contributed by atoms with van der Waals surface area (Å²) in [6.45, 7) is 2.10. The predicted octanol–water partition coefficient (Wildman–Crippen LogP) is 1.89. The van der Waals surface area contributed by atoms with Crippen LogP contribution in [0.2, 0.25) is 0 Å². The van der Waals surface area contributed by atoms with Crippen LogP contribution in [0.25, 0.3) is 0 Å². The molecule has 4 nitrogen and oxygen atoms in total. The third kappa shape index (κ3) is 3.90. The SMILES string of the molecule is COC(=O)CCN(C)c1cccc(C(C)=O)c1. The van der Waals surface area contributed by atoms with Gasteiger partial charge in [-0.05, 0) is 19.1 Å². The fourth-order valence-electron chi connectivity index (χ4n) is 1.45. The van der Waals surface area contributed by atoms with Crippen molar-refractivity contribution in [3.63, 3.8) is 0 Å². The second-order valence-corrected chi connectivity index (χ2v) is 3.85. The highest BCUT2D eigenvalue weighted by Gasteiger charge is 2.07. The van der Waals surface area contributed by atoms with Crippen LogP contribution in [0, 0.1) is 0 Å². The Labute approximate surface area is 101 Å². The first-order valence-corrected chi connectivity index (χ1v) is 5.43. The lowest BCUT2D eigenvalue weighted by Gasteiger charge is -2.19. The first kappa shape index (κ1) is 13.2. The Hall–Kier alpha value is -1.84. The number of nitrogens with zero attached hydrogens (tertiary/aromatic N) is 1. The van der Waals surface area contributed by atoms with E-state index >= 15 is 0 Å². The first-order chi connectivity index (χ1) is 8.04. The molecule has 0 saturated carbocycles. The molecule has 0 bridgehead atoms. The summed E-state index contributed by atoms with van der Waals surface area (Å²) in [7, 11) is 3.25. The van der Waals surface area contributed by atoms with Gasteiger partial charge in [0.15, 0.2) is 5.78 Å². The summed E-state index contributed by atoms with van der Waals surface area (Å²) in [6.07, 6.45) is 0.331. The van der Waals surface area contributed by atoms with Gasteiger partial charge >= 0.3 is 5.97 Å². The number of Topliss-reactive ketones (excluding diaryl/α,β-unsaturated/α-hetero) is 1. The molecule has 1 rings (SSSR count). The summed E-state index contributed by atoms with van der Waals surface area (Å²) in [4.78, 5) is 24.2. The molecule has 0 unspecified atom stereocenters. The Balaban J connectivity index is 2.68.